The summed E-state index contributed by atoms with van der Waals surface area (Å²) < 4.78 is 7.89. The molecule has 3 aromatic heterocycles. The Morgan fingerprint density at radius 3 is 2.60 bits per heavy atom. The van der Waals surface area contributed by atoms with Crippen LogP contribution in [0.25, 0.3) is 16.6 Å². The van der Waals surface area contributed by atoms with E-state index >= 15 is 0 Å². The van der Waals surface area contributed by atoms with Crippen molar-refractivity contribution in [1.29, 1.82) is 0 Å². The van der Waals surface area contributed by atoms with Crippen LogP contribution in [0.1, 0.15) is 35.7 Å². The normalized spacial score (nSPS) is 17.1. The molecule has 0 spiro atoms. The van der Waals surface area contributed by atoms with Gasteiger partial charge in [0, 0.05) is 43.5 Å². The van der Waals surface area contributed by atoms with Gasteiger partial charge >= 0.3 is 0 Å². The number of hydrogen-bond acceptors (Lipinski definition) is 8. The van der Waals surface area contributed by atoms with Crippen molar-refractivity contribution in [3.63, 3.8) is 0 Å². The molecular formula is C32H34Cl2N6O3. The first kappa shape index (κ1) is 29.4. The Labute approximate surface area is 260 Å². The lowest BCUT2D eigenvalue weighted by Crippen LogP contribution is -2.57. The summed E-state index contributed by atoms with van der Waals surface area (Å²) in [6.07, 6.45) is 6.97. The molecule has 43 heavy (non-hydrogen) atoms. The number of carbonyl (C=O) groups excluding carboxylic acids is 1. The molecule has 11 heteroatoms. The van der Waals surface area contributed by atoms with Gasteiger partial charge in [0.15, 0.2) is 11.2 Å². The Morgan fingerprint density at radius 1 is 1.12 bits per heavy atom. The number of hydrogen-bond donors (Lipinski definition) is 0. The number of benzene rings is 1. The summed E-state index contributed by atoms with van der Waals surface area (Å²) in [5.41, 5.74) is 3.00. The molecule has 0 radical (unpaired) electrons. The molecule has 5 heterocycles. The average molecular weight is 622 g/mol. The van der Waals surface area contributed by atoms with Crippen LogP contribution in [0.3, 0.4) is 0 Å². The van der Waals surface area contributed by atoms with Crippen LogP contribution in [0, 0.1) is 6.92 Å². The zero-order valence-corrected chi connectivity index (χ0v) is 26.2. The first-order chi connectivity index (χ1) is 20.6. The van der Waals surface area contributed by atoms with Gasteiger partial charge in [-0.25, -0.2) is 9.97 Å². The van der Waals surface area contributed by atoms with E-state index < -0.39 is 0 Å². The number of aromatic nitrogens is 3. The molecule has 224 valence electrons. The summed E-state index contributed by atoms with van der Waals surface area (Å²) >= 11 is 13.1. The van der Waals surface area contributed by atoms with Gasteiger partial charge in [-0.3, -0.25) is 9.59 Å². The Morgan fingerprint density at radius 2 is 1.91 bits per heavy atom. The van der Waals surface area contributed by atoms with Crippen molar-refractivity contribution >= 4 is 51.4 Å². The van der Waals surface area contributed by atoms with Crippen LogP contribution in [0.5, 0.6) is 5.88 Å². The van der Waals surface area contributed by atoms with Crippen LogP contribution in [0.4, 0.5) is 11.5 Å². The van der Waals surface area contributed by atoms with Crippen LogP contribution < -0.4 is 20.0 Å². The molecular weight excluding hydrogens is 587 g/mol. The Bertz CT molecular complexity index is 1770. The fourth-order valence-electron chi connectivity index (χ4n) is 5.91. The summed E-state index contributed by atoms with van der Waals surface area (Å²) in [7, 11) is 4.18. The van der Waals surface area contributed by atoms with E-state index in [2.05, 4.69) is 39.8 Å². The number of carbonyl (C=O) groups is 1. The number of nitrogens with zero attached hydrogens (tertiary/aromatic N) is 6. The number of anilines is 2. The Hall–Kier alpha value is -3.66. The lowest BCUT2D eigenvalue weighted by atomic mass is 10.1. The first-order valence-electron chi connectivity index (χ1n) is 14.4. The van der Waals surface area contributed by atoms with Gasteiger partial charge in [-0.15, -0.1) is 0 Å². The Balaban J connectivity index is 1.39. The maximum absolute atomic E-state index is 13.5. The topological polar surface area (TPSA) is 83.8 Å². The molecule has 0 unspecified atom stereocenters. The van der Waals surface area contributed by atoms with E-state index in [1.807, 2.05) is 23.8 Å². The first-order valence-corrected chi connectivity index (χ1v) is 15.2. The van der Waals surface area contributed by atoms with Crippen LogP contribution in [0.2, 0.25) is 10.0 Å². The monoisotopic (exact) mass is 620 g/mol. The van der Waals surface area contributed by atoms with Crippen molar-refractivity contribution in [3.8, 4) is 11.6 Å². The predicted molar refractivity (Wildman–Crippen MR) is 172 cm³/mol. The van der Waals surface area contributed by atoms with E-state index in [9.17, 15) is 9.59 Å². The molecule has 4 aromatic rings. The van der Waals surface area contributed by atoms with Crippen LogP contribution in [-0.4, -0.2) is 77.6 Å². The van der Waals surface area contributed by atoms with E-state index in [1.165, 1.54) is 6.92 Å². The number of likely N-dealkylation sites (N-methyl/N-ethyl adjacent to an activating group) is 1. The summed E-state index contributed by atoms with van der Waals surface area (Å²) in [5, 5.41) is 1.29. The third kappa shape index (κ3) is 5.57. The molecule has 1 aromatic carbocycles. The Kier molecular flexibility index (Phi) is 8.06. The zero-order valence-electron chi connectivity index (χ0n) is 24.7. The minimum absolute atomic E-state index is 0.0369. The second-order valence-electron chi connectivity index (χ2n) is 11.6. The van der Waals surface area contributed by atoms with Crippen molar-refractivity contribution in [2.45, 2.75) is 38.8 Å². The van der Waals surface area contributed by atoms with Gasteiger partial charge in [0.05, 0.1) is 39.7 Å². The maximum atomic E-state index is 13.5. The highest BCUT2D eigenvalue weighted by atomic mass is 35.5. The molecule has 0 amide bonds. The molecule has 2 aliphatic rings. The third-order valence-electron chi connectivity index (χ3n) is 8.52. The van der Waals surface area contributed by atoms with Crippen LogP contribution in [-0.2, 0) is 0 Å². The highest BCUT2D eigenvalue weighted by Gasteiger charge is 2.30. The largest absolute Gasteiger partial charge is 0.474 e. The van der Waals surface area contributed by atoms with E-state index in [-0.39, 0.29) is 22.8 Å². The summed E-state index contributed by atoms with van der Waals surface area (Å²) in [4.78, 5) is 41.8. The molecule has 2 aliphatic heterocycles. The van der Waals surface area contributed by atoms with Gasteiger partial charge in [0.25, 0.3) is 0 Å². The van der Waals surface area contributed by atoms with Gasteiger partial charge in [0.2, 0.25) is 5.88 Å². The number of Topliss-reactive ketones (excluding diaryl/α,β-unsaturated/α-hetero) is 1. The van der Waals surface area contributed by atoms with Crippen molar-refractivity contribution in [1.82, 2.24) is 19.4 Å². The van der Waals surface area contributed by atoms with Crippen molar-refractivity contribution in [2.75, 3.05) is 50.1 Å². The highest BCUT2D eigenvalue weighted by molar-refractivity contribution is 6.34. The number of ketones is 1. The number of ether oxygens (including phenoxy) is 1. The van der Waals surface area contributed by atoms with E-state index in [4.69, 9.17) is 32.9 Å². The maximum Gasteiger partial charge on any atom is 0.232 e. The van der Waals surface area contributed by atoms with Gasteiger partial charge in [0.1, 0.15) is 17.4 Å². The van der Waals surface area contributed by atoms with Crippen molar-refractivity contribution < 1.29 is 9.53 Å². The standard InChI is InChI=1S/C32H34Cl2N6O3/c1-19-11-30(38-15-22(16-38)37(3)4)36-14-29(19)40-17-24(20(2)41)31(42)23-12-26(34)28(13-27(23)40)39-10-6-7-21(39)18-43-32-25(33)8-5-9-35-32/h5,8-9,11-14,17,21-22H,6-7,10,15-16,18H2,1-4H3/t21-/m1/s1. The third-order valence-corrected chi connectivity index (χ3v) is 9.11. The summed E-state index contributed by atoms with van der Waals surface area (Å²) in [6, 6.07) is 9.74. The molecule has 1 atom stereocenters. The molecule has 2 fully saturated rings. The molecule has 0 bridgehead atoms. The predicted octanol–water partition coefficient (Wildman–Crippen LogP) is 5.40. The number of aryl methyl sites for hydroxylation is 1. The van der Waals surface area contributed by atoms with Gasteiger partial charge < -0.3 is 24.0 Å². The second kappa shape index (κ2) is 11.8. The SMILES string of the molecule is CC(=O)c1cn(-c2cnc(N3CC(N(C)C)C3)cc2C)c2cc(N3CCC[C@@H]3COc3ncccc3Cl)c(Cl)cc2c1=O. The van der Waals surface area contributed by atoms with E-state index in [0.29, 0.717) is 39.5 Å². The lowest BCUT2D eigenvalue weighted by Gasteiger charge is -2.43. The van der Waals surface area contributed by atoms with Gasteiger partial charge in [-0.05, 0) is 76.7 Å². The number of rotatable bonds is 8. The molecule has 6 rings (SSSR count). The van der Waals surface area contributed by atoms with Gasteiger partial charge in [-0.2, -0.15) is 0 Å². The van der Waals surface area contributed by atoms with E-state index in [0.717, 1.165) is 55.2 Å². The zero-order chi connectivity index (χ0) is 30.4. The molecule has 0 aliphatic carbocycles. The van der Waals surface area contributed by atoms with Crippen LogP contribution >= 0.6 is 23.2 Å². The van der Waals surface area contributed by atoms with Gasteiger partial charge in [-0.1, -0.05) is 23.2 Å². The minimum Gasteiger partial charge on any atom is -0.474 e. The van der Waals surface area contributed by atoms with Crippen molar-refractivity contribution in [3.05, 3.63) is 80.3 Å². The smallest absolute Gasteiger partial charge is 0.232 e. The van der Waals surface area contributed by atoms with Crippen molar-refractivity contribution in [2.24, 2.45) is 0 Å². The number of pyridine rings is 3. The van der Waals surface area contributed by atoms with E-state index in [1.54, 1.807) is 30.6 Å². The summed E-state index contributed by atoms with van der Waals surface area (Å²) in [5.74, 6) is 1.00. The molecule has 0 saturated carbocycles. The van der Waals surface area contributed by atoms with Crippen LogP contribution in [0.15, 0.2) is 53.7 Å². The fourth-order valence-corrected chi connectivity index (χ4v) is 6.36. The molecule has 2 saturated heterocycles. The minimum atomic E-state index is -0.337. The highest BCUT2D eigenvalue weighted by Crippen LogP contribution is 2.36. The average Bonchev–Trinajstić information content (AvgIpc) is 3.40. The fraction of sp³-hybridized carbons (Fsp3) is 0.375. The molecule has 9 nitrogen and oxygen atoms in total. The summed E-state index contributed by atoms with van der Waals surface area (Å²) in [6.45, 7) is 6.44. The molecule has 0 N–H and O–H groups in total. The second-order valence-corrected chi connectivity index (χ2v) is 12.4. The number of halogens is 2. The number of fused-ring (bicyclic) bond motifs is 1. The lowest BCUT2D eigenvalue weighted by molar-refractivity contribution is 0.101. The quantitative estimate of drug-likeness (QED) is 0.242.